The van der Waals surface area contributed by atoms with Crippen LogP contribution >= 0.6 is 0 Å². The maximum atomic E-state index is 11.8. The van der Waals surface area contributed by atoms with Gasteiger partial charge in [0.1, 0.15) is 0 Å². The Morgan fingerprint density at radius 3 is 2.43 bits per heavy atom. The van der Waals surface area contributed by atoms with Gasteiger partial charge < -0.3 is 10.0 Å². The molecule has 82 valence electrons. The number of likely N-dealkylation sites (tertiary alicyclic amines) is 1. The van der Waals surface area contributed by atoms with Crippen LogP contribution in [0.1, 0.15) is 46.0 Å². The average molecular weight is 199 g/mol. The summed E-state index contributed by atoms with van der Waals surface area (Å²) in [7, 11) is 0. The lowest BCUT2D eigenvalue weighted by molar-refractivity contribution is -0.137. The zero-order valence-electron chi connectivity index (χ0n) is 9.20. The first-order chi connectivity index (χ1) is 6.66. The quantitative estimate of drug-likeness (QED) is 0.749. The van der Waals surface area contributed by atoms with Crippen LogP contribution in [0.3, 0.4) is 0 Å². The van der Waals surface area contributed by atoms with Gasteiger partial charge in [0.05, 0.1) is 0 Å². The van der Waals surface area contributed by atoms with Gasteiger partial charge in [-0.2, -0.15) is 0 Å². The number of aliphatic hydroxyl groups excluding tert-OH is 1. The normalized spacial score (nSPS) is 27.8. The van der Waals surface area contributed by atoms with Crippen LogP contribution in [0.5, 0.6) is 0 Å². The van der Waals surface area contributed by atoms with E-state index < -0.39 is 0 Å². The van der Waals surface area contributed by atoms with Gasteiger partial charge in [-0.25, -0.2) is 0 Å². The molecule has 0 aromatic rings. The fourth-order valence-electron chi connectivity index (χ4n) is 2.27. The van der Waals surface area contributed by atoms with E-state index in [4.69, 9.17) is 5.11 Å². The summed E-state index contributed by atoms with van der Waals surface area (Å²) in [5.41, 5.74) is 0. The minimum atomic E-state index is 0.113. The Labute approximate surface area is 86.1 Å². The number of rotatable bonds is 3. The summed E-state index contributed by atoms with van der Waals surface area (Å²) in [5, 5.41) is 8.67. The van der Waals surface area contributed by atoms with Gasteiger partial charge in [0.15, 0.2) is 0 Å². The molecule has 1 saturated heterocycles. The molecule has 1 rings (SSSR count). The highest BCUT2D eigenvalue weighted by Gasteiger charge is 2.27. The van der Waals surface area contributed by atoms with Gasteiger partial charge in [-0.15, -0.1) is 0 Å². The van der Waals surface area contributed by atoms with E-state index >= 15 is 0 Å². The predicted molar refractivity (Wildman–Crippen MR) is 55.9 cm³/mol. The van der Waals surface area contributed by atoms with Crippen molar-refractivity contribution < 1.29 is 9.90 Å². The number of amides is 1. The third kappa shape index (κ3) is 2.71. The second-order valence-electron chi connectivity index (χ2n) is 4.26. The fraction of sp³-hybridized carbons (Fsp3) is 0.909. The van der Waals surface area contributed by atoms with E-state index in [-0.39, 0.29) is 12.5 Å². The Balaban J connectivity index is 2.49. The van der Waals surface area contributed by atoms with E-state index in [0.717, 1.165) is 12.8 Å². The molecule has 1 aliphatic rings. The third-order valence-corrected chi connectivity index (χ3v) is 3.03. The van der Waals surface area contributed by atoms with Gasteiger partial charge in [0.2, 0.25) is 5.91 Å². The number of carbonyl (C=O) groups is 1. The molecule has 0 radical (unpaired) electrons. The zero-order chi connectivity index (χ0) is 10.6. The van der Waals surface area contributed by atoms with Crippen molar-refractivity contribution in [1.29, 1.82) is 0 Å². The molecule has 3 heteroatoms. The van der Waals surface area contributed by atoms with E-state index in [2.05, 4.69) is 13.8 Å². The molecular formula is C11H21NO2. The van der Waals surface area contributed by atoms with Crippen molar-refractivity contribution in [3.05, 3.63) is 0 Å². The number of hydrogen-bond acceptors (Lipinski definition) is 2. The van der Waals surface area contributed by atoms with Crippen LogP contribution in [-0.4, -0.2) is 34.6 Å². The third-order valence-electron chi connectivity index (χ3n) is 3.03. The molecule has 0 aromatic carbocycles. The number of aliphatic hydroxyl groups is 1. The zero-order valence-corrected chi connectivity index (χ0v) is 9.20. The predicted octanol–water partition coefficient (Wildman–Crippen LogP) is 1.55. The Bertz CT molecular complexity index is 184. The number of nitrogens with zero attached hydrogens (tertiary/aromatic N) is 1. The topological polar surface area (TPSA) is 40.5 Å². The van der Waals surface area contributed by atoms with Crippen LogP contribution in [0.2, 0.25) is 0 Å². The SMILES string of the molecule is C[C@@H]1CCC[C@H](C)N1C(=O)CCCO. The lowest BCUT2D eigenvalue weighted by Gasteiger charge is -2.39. The van der Waals surface area contributed by atoms with Crippen LogP contribution in [-0.2, 0) is 4.79 Å². The van der Waals surface area contributed by atoms with Crippen LogP contribution in [0.4, 0.5) is 0 Å². The molecule has 2 atom stereocenters. The second kappa shape index (κ2) is 5.35. The lowest BCUT2D eigenvalue weighted by atomic mass is 9.97. The van der Waals surface area contributed by atoms with Gasteiger partial charge >= 0.3 is 0 Å². The van der Waals surface area contributed by atoms with Crippen molar-refractivity contribution in [3.63, 3.8) is 0 Å². The van der Waals surface area contributed by atoms with Gasteiger partial charge in [-0.3, -0.25) is 4.79 Å². The first-order valence-corrected chi connectivity index (χ1v) is 5.59. The van der Waals surface area contributed by atoms with Crippen LogP contribution in [0, 0.1) is 0 Å². The highest BCUT2D eigenvalue weighted by Crippen LogP contribution is 2.23. The van der Waals surface area contributed by atoms with Crippen molar-refractivity contribution in [2.24, 2.45) is 0 Å². The summed E-state index contributed by atoms with van der Waals surface area (Å²) in [5.74, 6) is 0.207. The Hall–Kier alpha value is -0.570. The van der Waals surface area contributed by atoms with Gasteiger partial charge in [0.25, 0.3) is 0 Å². The van der Waals surface area contributed by atoms with E-state index in [1.165, 1.54) is 6.42 Å². The summed E-state index contributed by atoms with van der Waals surface area (Å²) < 4.78 is 0. The molecule has 0 saturated carbocycles. The Morgan fingerprint density at radius 2 is 1.93 bits per heavy atom. The summed E-state index contributed by atoms with van der Waals surface area (Å²) in [6.45, 7) is 4.35. The van der Waals surface area contributed by atoms with E-state index in [1.807, 2.05) is 4.90 Å². The van der Waals surface area contributed by atoms with Gasteiger partial charge in [-0.05, 0) is 39.5 Å². The second-order valence-corrected chi connectivity index (χ2v) is 4.26. The molecule has 1 fully saturated rings. The van der Waals surface area contributed by atoms with Crippen LogP contribution in [0.15, 0.2) is 0 Å². The Kier molecular flexibility index (Phi) is 4.39. The smallest absolute Gasteiger partial charge is 0.223 e. The first kappa shape index (κ1) is 11.5. The fourth-order valence-corrected chi connectivity index (χ4v) is 2.27. The molecule has 1 aliphatic heterocycles. The number of carbonyl (C=O) groups excluding carboxylic acids is 1. The maximum Gasteiger partial charge on any atom is 0.223 e. The molecular weight excluding hydrogens is 178 g/mol. The van der Waals surface area contributed by atoms with Gasteiger partial charge in [0, 0.05) is 25.1 Å². The average Bonchev–Trinajstić information content (AvgIpc) is 2.14. The highest BCUT2D eigenvalue weighted by atomic mass is 16.3. The Morgan fingerprint density at radius 1 is 1.36 bits per heavy atom. The molecule has 3 nitrogen and oxygen atoms in total. The van der Waals surface area contributed by atoms with E-state index in [0.29, 0.717) is 24.9 Å². The molecule has 14 heavy (non-hydrogen) atoms. The summed E-state index contributed by atoms with van der Waals surface area (Å²) in [6.07, 6.45) is 4.55. The van der Waals surface area contributed by atoms with Crippen molar-refractivity contribution >= 4 is 5.91 Å². The van der Waals surface area contributed by atoms with Crippen molar-refractivity contribution in [3.8, 4) is 0 Å². The molecule has 0 spiro atoms. The largest absolute Gasteiger partial charge is 0.396 e. The van der Waals surface area contributed by atoms with E-state index in [9.17, 15) is 4.79 Å². The molecule has 1 amide bonds. The first-order valence-electron chi connectivity index (χ1n) is 5.59. The maximum absolute atomic E-state index is 11.8. The van der Waals surface area contributed by atoms with Crippen molar-refractivity contribution in [2.75, 3.05) is 6.61 Å². The summed E-state index contributed by atoms with van der Waals surface area (Å²) >= 11 is 0. The van der Waals surface area contributed by atoms with Gasteiger partial charge in [-0.1, -0.05) is 0 Å². The van der Waals surface area contributed by atoms with E-state index in [1.54, 1.807) is 0 Å². The van der Waals surface area contributed by atoms with Crippen LogP contribution in [0.25, 0.3) is 0 Å². The van der Waals surface area contributed by atoms with Crippen LogP contribution < -0.4 is 0 Å². The summed E-state index contributed by atoms with van der Waals surface area (Å²) in [6, 6.07) is 0.759. The molecule has 0 unspecified atom stereocenters. The minimum absolute atomic E-state index is 0.113. The molecule has 1 heterocycles. The van der Waals surface area contributed by atoms with Crippen molar-refractivity contribution in [1.82, 2.24) is 4.90 Å². The molecule has 0 bridgehead atoms. The molecule has 1 N–H and O–H groups in total. The monoisotopic (exact) mass is 199 g/mol. The lowest BCUT2D eigenvalue weighted by Crippen LogP contribution is -2.47. The van der Waals surface area contributed by atoms with Crippen molar-refractivity contribution in [2.45, 2.75) is 58.0 Å². The number of hydrogen-bond donors (Lipinski definition) is 1. The highest BCUT2D eigenvalue weighted by molar-refractivity contribution is 5.76. The standard InChI is InChI=1S/C11H21NO2/c1-9-5-3-6-10(2)12(9)11(14)7-4-8-13/h9-10,13H,3-8H2,1-2H3/t9-,10+. The molecule has 0 aromatic heterocycles. The number of piperidine rings is 1. The minimum Gasteiger partial charge on any atom is -0.396 e. The summed E-state index contributed by atoms with van der Waals surface area (Å²) in [4.78, 5) is 13.8. The molecule has 0 aliphatic carbocycles.